The molecule has 1 heterocycles. The van der Waals surface area contributed by atoms with Gasteiger partial charge in [-0.2, -0.15) is 5.10 Å². The van der Waals surface area contributed by atoms with Gasteiger partial charge in [-0.3, -0.25) is 10.00 Å². The van der Waals surface area contributed by atoms with Crippen molar-refractivity contribution in [2.75, 3.05) is 51.1 Å². The molecule has 0 aliphatic carbocycles. The highest BCUT2D eigenvalue weighted by molar-refractivity contribution is 6.04. The molecular formula is C27H33N7O2. The lowest BCUT2D eigenvalue weighted by atomic mass is 10.0. The van der Waals surface area contributed by atoms with Gasteiger partial charge in [0.05, 0.1) is 5.39 Å². The number of nitrogens with two attached hydrogens (primary N) is 1. The Kier molecular flexibility index (Phi) is 7.42. The number of carbonyl (C=O) groups excluding carboxylic acids is 1. The normalized spacial score (nSPS) is 12.2. The van der Waals surface area contributed by atoms with Gasteiger partial charge in [-0.25, -0.2) is 4.79 Å². The van der Waals surface area contributed by atoms with Crippen LogP contribution in [-0.2, 0) is 0 Å². The number of hydrogen-bond acceptors (Lipinski definition) is 6. The van der Waals surface area contributed by atoms with Gasteiger partial charge in [0.15, 0.2) is 12.0 Å². The van der Waals surface area contributed by atoms with Crippen LogP contribution < -0.4 is 21.1 Å². The summed E-state index contributed by atoms with van der Waals surface area (Å²) in [5.74, 6) is 1.09. The van der Waals surface area contributed by atoms with Crippen molar-refractivity contribution in [1.29, 1.82) is 0 Å². The number of hydrogen-bond donors (Lipinski definition) is 4. The molecule has 36 heavy (non-hydrogen) atoms. The number of amides is 2. The summed E-state index contributed by atoms with van der Waals surface area (Å²) in [6.07, 6.45) is -0.144. The van der Waals surface area contributed by atoms with Crippen molar-refractivity contribution in [2.24, 2.45) is 0 Å². The molecule has 4 rings (SSSR count). The fourth-order valence-corrected chi connectivity index (χ4v) is 3.99. The summed E-state index contributed by atoms with van der Waals surface area (Å²) < 4.78 is 6.33. The van der Waals surface area contributed by atoms with Crippen LogP contribution in [0.4, 0.5) is 22.0 Å². The maximum absolute atomic E-state index is 12.4. The van der Waals surface area contributed by atoms with Crippen LogP contribution in [-0.4, -0.2) is 67.0 Å². The van der Waals surface area contributed by atoms with Crippen LogP contribution in [0.3, 0.4) is 0 Å². The number of aromatic nitrogens is 2. The third-order valence-electron chi connectivity index (χ3n) is 5.80. The number of nitrogens with one attached hydrogen (secondary N) is 3. The predicted molar refractivity (Wildman–Crippen MR) is 146 cm³/mol. The molecule has 0 radical (unpaired) electrons. The molecule has 188 valence electrons. The van der Waals surface area contributed by atoms with Crippen LogP contribution in [0.1, 0.15) is 5.56 Å². The topological polar surface area (TPSA) is 112 Å². The Hall–Kier alpha value is -4.08. The van der Waals surface area contributed by atoms with Crippen LogP contribution in [0.2, 0.25) is 0 Å². The van der Waals surface area contributed by atoms with Gasteiger partial charge in [0.2, 0.25) is 0 Å². The van der Waals surface area contributed by atoms with Gasteiger partial charge in [-0.1, -0.05) is 24.3 Å². The number of likely N-dealkylation sites (N-methyl/N-ethyl adjacent to an activating group) is 2. The molecule has 5 N–H and O–H groups in total. The van der Waals surface area contributed by atoms with Crippen LogP contribution in [0.15, 0.2) is 60.7 Å². The van der Waals surface area contributed by atoms with E-state index in [0.29, 0.717) is 17.3 Å². The molecular weight excluding hydrogens is 454 g/mol. The first-order valence-electron chi connectivity index (χ1n) is 11.7. The molecule has 0 aliphatic heterocycles. The number of carbonyl (C=O) groups is 1. The number of benzene rings is 3. The number of nitrogen functional groups attached to an aromatic ring is 1. The maximum Gasteiger partial charge on any atom is 0.323 e. The molecule has 4 aromatic rings. The van der Waals surface area contributed by atoms with Gasteiger partial charge in [-0.05, 0) is 88.2 Å². The van der Waals surface area contributed by atoms with Crippen LogP contribution in [0.25, 0.3) is 22.0 Å². The largest absolute Gasteiger partial charge is 0.471 e. The first kappa shape index (κ1) is 25.0. The van der Waals surface area contributed by atoms with E-state index < -0.39 is 0 Å². The Balaban J connectivity index is 1.54. The molecule has 9 heteroatoms. The Morgan fingerprint density at radius 3 is 2.42 bits per heavy atom. The summed E-state index contributed by atoms with van der Waals surface area (Å²) >= 11 is 0. The van der Waals surface area contributed by atoms with Crippen molar-refractivity contribution in [2.45, 2.75) is 13.2 Å². The molecule has 9 nitrogen and oxygen atoms in total. The fraction of sp³-hybridized carbons (Fsp3) is 0.259. The second-order valence-corrected chi connectivity index (χ2v) is 9.29. The lowest BCUT2D eigenvalue weighted by Gasteiger charge is -2.28. The average molecular weight is 488 g/mol. The summed E-state index contributed by atoms with van der Waals surface area (Å²) in [5.41, 5.74) is 11.4. The van der Waals surface area contributed by atoms with Crippen LogP contribution >= 0.6 is 0 Å². The molecule has 0 fully saturated rings. The van der Waals surface area contributed by atoms with E-state index in [-0.39, 0.29) is 12.3 Å². The van der Waals surface area contributed by atoms with Crippen molar-refractivity contribution in [1.82, 2.24) is 20.0 Å². The van der Waals surface area contributed by atoms with E-state index in [1.165, 1.54) is 0 Å². The van der Waals surface area contributed by atoms with Gasteiger partial charge in [0, 0.05) is 17.9 Å². The number of fused-ring (bicyclic) bond motifs is 1. The molecule has 0 saturated heterocycles. The van der Waals surface area contributed by atoms with Crippen molar-refractivity contribution in [3.8, 4) is 16.9 Å². The zero-order valence-electron chi connectivity index (χ0n) is 21.3. The maximum atomic E-state index is 12.4. The van der Waals surface area contributed by atoms with Crippen molar-refractivity contribution in [3.05, 3.63) is 66.2 Å². The van der Waals surface area contributed by atoms with Gasteiger partial charge < -0.3 is 26.0 Å². The summed E-state index contributed by atoms with van der Waals surface area (Å²) in [5, 5.41) is 13.8. The number of aromatic amines is 1. The third-order valence-corrected chi connectivity index (χ3v) is 5.80. The van der Waals surface area contributed by atoms with Crippen molar-refractivity contribution < 1.29 is 9.53 Å². The fourth-order valence-electron chi connectivity index (χ4n) is 3.99. The second kappa shape index (κ2) is 10.7. The second-order valence-electron chi connectivity index (χ2n) is 9.29. The Labute approximate surface area is 211 Å². The highest BCUT2D eigenvalue weighted by Crippen LogP contribution is 2.37. The van der Waals surface area contributed by atoms with Crippen molar-refractivity contribution >= 4 is 34.1 Å². The molecule has 1 atom stereocenters. The van der Waals surface area contributed by atoms with E-state index in [4.69, 9.17) is 10.5 Å². The molecule has 0 aliphatic rings. The van der Waals surface area contributed by atoms with Crippen LogP contribution in [0.5, 0.6) is 5.75 Å². The number of urea groups is 1. The van der Waals surface area contributed by atoms with Gasteiger partial charge in [0.1, 0.15) is 11.3 Å². The standard InChI is InChI=1S/C27H33N7O2/c1-17-7-6-8-20(15-17)30-27(35)29-19-11-9-18(10-12-19)21-13-14-22(25-24(21)26(28)32-31-25)36-23(34(4)5)16-33(2)3/h6-15,23H,16H2,1-5H3,(H3,28,31,32)(H2,29,30,35). The Bertz CT molecular complexity index is 1350. The van der Waals surface area contributed by atoms with Crippen LogP contribution in [0, 0.1) is 6.92 Å². The Morgan fingerprint density at radius 1 is 1.03 bits per heavy atom. The lowest BCUT2D eigenvalue weighted by Crippen LogP contribution is -2.41. The highest BCUT2D eigenvalue weighted by Gasteiger charge is 2.19. The SMILES string of the molecule is Cc1cccc(NC(=O)Nc2ccc(-c3ccc(OC(CN(C)C)N(C)C)c4[nH]nc(N)c34)cc2)c1. The summed E-state index contributed by atoms with van der Waals surface area (Å²) in [4.78, 5) is 16.5. The van der Waals surface area contributed by atoms with Gasteiger partial charge >= 0.3 is 6.03 Å². The van der Waals surface area contributed by atoms with E-state index in [2.05, 4.69) is 25.7 Å². The van der Waals surface area contributed by atoms with Crippen molar-refractivity contribution in [3.63, 3.8) is 0 Å². The van der Waals surface area contributed by atoms with Gasteiger partial charge in [0.25, 0.3) is 0 Å². The highest BCUT2D eigenvalue weighted by atomic mass is 16.5. The van der Waals surface area contributed by atoms with E-state index in [1.807, 2.05) is 101 Å². The summed E-state index contributed by atoms with van der Waals surface area (Å²) in [6, 6.07) is 18.9. The zero-order chi connectivity index (χ0) is 25.8. The molecule has 1 aromatic heterocycles. The lowest BCUT2D eigenvalue weighted by molar-refractivity contribution is 0.0428. The number of ether oxygens (including phenoxy) is 1. The smallest absolute Gasteiger partial charge is 0.323 e. The average Bonchev–Trinajstić information content (AvgIpc) is 3.21. The Morgan fingerprint density at radius 2 is 1.75 bits per heavy atom. The molecule has 1 unspecified atom stereocenters. The number of anilines is 3. The number of nitrogens with zero attached hydrogens (tertiary/aromatic N) is 3. The van der Waals surface area contributed by atoms with E-state index in [9.17, 15) is 4.79 Å². The molecule has 3 aromatic carbocycles. The van der Waals surface area contributed by atoms with E-state index >= 15 is 0 Å². The number of H-pyrrole nitrogens is 1. The summed E-state index contributed by atoms with van der Waals surface area (Å²) in [6.45, 7) is 2.71. The third kappa shape index (κ3) is 5.76. The molecule has 2 amide bonds. The van der Waals surface area contributed by atoms with E-state index in [1.54, 1.807) is 0 Å². The first-order valence-corrected chi connectivity index (χ1v) is 11.7. The minimum atomic E-state index is -0.301. The first-order chi connectivity index (χ1) is 17.2. The minimum absolute atomic E-state index is 0.144. The monoisotopic (exact) mass is 487 g/mol. The van der Waals surface area contributed by atoms with E-state index in [0.717, 1.165) is 39.8 Å². The summed E-state index contributed by atoms with van der Waals surface area (Å²) in [7, 11) is 7.99. The molecule has 0 bridgehead atoms. The minimum Gasteiger partial charge on any atom is -0.471 e. The molecule has 0 saturated carbocycles. The van der Waals surface area contributed by atoms with Gasteiger partial charge in [-0.15, -0.1) is 0 Å². The molecule has 0 spiro atoms. The number of rotatable bonds is 8. The number of aryl methyl sites for hydroxylation is 1. The predicted octanol–water partition coefficient (Wildman–Crippen LogP) is 4.59. The quantitative estimate of drug-likeness (QED) is 0.271. The zero-order valence-corrected chi connectivity index (χ0v) is 21.3.